The Labute approximate surface area is 94.1 Å². The van der Waals surface area contributed by atoms with Crippen LogP contribution in [0.4, 0.5) is 0 Å². The molecule has 1 N–H and O–H groups in total. The number of rotatable bonds is 3. The minimum Gasteiger partial charge on any atom is -0.299 e. The van der Waals surface area contributed by atoms with E-state index >= 15 is 0 Å². The lowest BCUT2D eigenvalue weighted by atomic mass is 9.84. The summed E-state index contributed by atoms with van der Waals surface area (Å²) >= 11 is 0. The molecule has 1 aliphatic rings. The Balaban J connectivity index is 2.63. The fraction of sp³-hybridized carbons (Fsp3) is 0.923. The van der Waals surface area contributed by atoms with Crippen LogP contribution in [0.5, 0.6) is 0 Å². The zero-order valence-corrected chi connectivity index (χ0v) is 10.4. The van der Waals surface area contributed by atoms with Crippen LogP contribution in [0.1, 0.15) is 59.3 Å². The van der Waals surface area contributed by atoms with Gasteiger partial charge >= 0.3 is 0 Å². The highest BCUT2D eigenvalue weighted by Gasteiger charge is 2.34. The first-order valence-corrected chi connectivity index (χ1v) is 6.20. The normalized spacial score (nSPS) is 30.5. The monoisotopic (exact) mass is 208 g/mol. The van der Waals surface area contributed by atoms with Gasteiger partial charge in [-0.05, 0) is 44.1 Å². The average Bonchev–Trinajstić information content (AvgIpc) is 2.35. The van der Waals surface area contributed by atoms with Crippen molar-refractivity contribution in [2.24, 2.45) is 5.41 Å². The Kier molecular flexibility index (Phi) is 4.16. The van der Waals surface area contributed by atoms with E-state index in [1.54, 1.807) is 0 Å². The van der Waals surface area contributed by atoms with Crippen LogP contribution in [0.3, 0.4) is 0 Å². The summed E-state index contributed by atoms with van der Waals surface area (Å²) < 4.78 is 0. The first-order valence-electron chi connectivity index (χ1n) is 6.20. The van der Waals surface area contributed by atoms with Gasteiger partial charge in [0.1, 0.15) is 5.54 Å². The quantitative estimate of drug-likeness (QED) is 0.723. The van der Waals surface area contributed by atoms with E-state index < -0.39 is 0 Å². The summed E-state index contributed by atoms with van der Waals surface area (Å²) in [5.74, 6) is 0. The minimum atomic E-state index is -0.232. The van der Waals surface area contributed by atoms with Gasteiger partial charge in [-0.2, -0.15) is 5.26 Å². The molecule has 2 heteroatoms. The zero-order valence-electron chi connectivity index (χ0n) is 10.4. The van der Waals surface area contributed by atoms with E-state index in [2.05, 4.69) is 32.2 Å². The molecule has 2 nitrogen and oxygen atoms in total. The number of hydrogen-bond acceptors (Lipinski definition) is 2. The molecule has 0 aromatic rings. The third-order valence-corrected chi connectivity index (χ3v) is 3.61. The van der Waals surface area contributed by atoms with E-state index in [1.165, 1.54) is 12.8 Å². The van der Waals surface area contributed by atoms with Crippen molar-refractivity contribution in [3.8, 4) is 6.07 Å². The van der Waals surface area contributed by atoms with Crippen molar-refractivity contribution in [2.75, 3.05) is 6.54 Å². The molecule has 1 saturated carbocycles. The average molecular weight is 208 g/mol. The lowest BCUT2D eigenvalue weighted by molar-refractivity contribution is 0.298. The lowest BCUT2D eigenvalue weighted by Crippen LogP contribution is -2.44. The van der Waals surface area contributed by atoms with Gasteiger partial charge in [0.15, 0.2) is 0 Å². The predicted molar refractivity (Wildman–Crippen MR) is 63.5 cm³/mol. The predicted octanol–water partition coefficient (Wildman–Crippen LogP) is 3.24. The molecule has 0 spiro atoms. The van der Waals surface area contributed by atoms with Crippen molar-refractivity contribution >= 4 is 0 Å². The van der Waals surface area contributed by atoms with Crippen LogP contribution in [0.15, 0.2) is 0 Å². The van der Waals surface area contributed by atoms with E-state index in [0.717, 1.165) is 32.2 Å². The number of nitrogens with one attached hydrogen (secondary N) is 1. The summed E-state index contributed by atoms with van der Waals surface area (Å²) in [4.78, 5) is 0. The first kappa shape index (κ1) is 12.5. The Hall–Kier alpha value is -0.550. The molecule has 1 rings (SSSR count). The molecule has 1 unspecified atom stereocenters. The molecule has 0 aromatic carbocycles. The second kappa shape index (κ2) is 4.99. The van der Waals surface area contributed by atoms with Crippen molar-refractivity contribution in [3.05, 3.63) is 0 Å². The number of nitrogens with zero attached hydrogens (tertiary/aromatic N) is 1. The minimum absolute atomic E-state index is 0.232. The molecule has 0 aromatic heterocycles. The molecule has 1 fully saturated rings. The molecular weight excluding hydrogens is 184 g/mol. The molecule has 0 radical (unpaired) electrons. The van der Waals surface area contributed by atoms with Crippen molar-refractivity contribution in [1.82, 2.24) is 5.32 Å². The Morgan fingerprint density at radius 1 is 1.20 bits per heavy atom. The molecule has 0 amide bonds. The Morgan fingerprint density at radius 2 is 1.93 bits per heavy atom. The second-order valence-corrected chi connectivity index (χ2v) is 5.64. The smallest absolute Gasteiger partial charge is 0.106 e. The Morgan fingerprint density at radius 3 is 2.53 bits per heavy atom. The van der Waals surface area contributed by atoms with Crippen LogP contribution in [0, 0.1) is 16.7 Å². The maximum Gasteiger partial charge on any atom is 0.106 e. The van der Waals surface area contributed by atoms with Gasteiger partial charge in [-0.3, -0.25) is 5.32 Å². The van der Waals surface area contributed by atoms with Crippen LogP contribution in [0.25, 0.3) is 0 Å². The molecule has 1 aliphatic carbocycles. The van der Waals surface area contributed by atoms with Gasteiger partial charge in [0.05, 0.1) is 6.07 Å². The van der Waals surface area contributed by atoms with Crippen LogP contribution in [-0.2, 0) is 0 Å². The van der Waals surface area contributed by atoms with Gasteiger partial charge < -0.3 is 0 Å². The maximum absolute atomic E-state index is 9.35. The van der Waals surface area contributed by atoms with E-state index in [1.807, 2.05) is 0 Å². The van der Waals surface area contributed by atoms with Gasteiger partial charge in [0.2, 0.25) is 0 Å². The van der Waals surface area contributed by atoms with Crippen molar-refractivity contribution in [1.29, 1.82) is 5.26 Å². The van der Waals surface area contributed by atoms with Gasteiger partial charge in [-0.25, -0.2) is 0 Å². The standard InChI is InChI=1S/C13H24N2/c1-4-10-15-13(11-14)7-5-6-12(2,3)8-9-13/h15H,4-10H2,1-3H3. The molecule has 1 atom stereocenters. The molecule has 15 heavy (non-hydrogen) atoms. The maximum atomic E-state index is 9.35. The molecular formula is C13H24N2. The van der Waals surface area contributed by atoms with E-state index in [9.17, 15) is 5.26 Å². The van der Waals surface area contributed by atoms with Crippen LogP contribution in [-0.4, -0.2) is 12.1 Å². The molecule has 86 valence electrons. The largest absolute Gasteiger partial charge is 0.299 e. The third-order valence-electron chi connectivity index (χ3n) is 3.61. The summed E-state index contributed by atoms with van der Waals surface area (Å²) in [6.45, 7) is 7.76. The SMILES string of the molecule is CCCNC1(C#N)CCCC(C)(C)CC1. The summed E-state index contributed by atoms with van der Waals surface area (Å²) in [7, 11) is 0. The molecule has 0 saturated heterocycles. The fourth-order valence-corrected chi connectivity index (χ4v) is 2.36. The van der Waals surface area contributed by atoms with Crippen molar-refractivity contribution in [2.45, 2.75) is 64.8 Å². The first-order chi connectivity index (χ1) is 7.04. The summed E-state index contributed by atoms with van der Waals surface area (Å²) in [6.07, 6.45) is 6.73. The molecule has 0 aliphatic heterocycles. The topological polar surface area (TPSA) is 35.8 Å². The van der Waals surface area contributed by atoms with E-state index in [4.69, 9.17) is 0 Å². The molecule has 0 bridgehead atoms. The zero-order chi connectivity index (χ0) is 11.4. The highest BCUT2D eigenvalue weighted by Crippen LogP contribution is 2.37. The van der Waals surface area contributed by atoms with Gasteiger partial charge in [-0.1, -0.05) is 27.2 Å². The van der Waals surface area contributed by atoms with Gasteiger partial charge in [0, 0.05) is 0 Å². The van der Waals surface area contributed by atoms with Gasteiger partial charge in [-0.15, -0.1) is 0 Å². The highest BCUT2D eigenvalue weighted by atomic mass is 15.0. The number of hydrogen-bond donors (Lipinski definition) is 1. The number of nitriles is 1. The van der Waals surface area contributed by atoms with Crippen molar-refractivity contribution < 1.29 is 0 Å². The van der Waals surface area contributed by atoms with E-state index in [-0.39, 0.29) is 5.54 Å². The summed E-state index contributed by atoms with van der Waals surface area (Å²) in [5, 5.41) is 12.8. The molecule has 0 heterocycles. The van der Waals surface area contributed by atoms with Crippen LogP contribution < -0.4 is 5.32 Å². The van der Waals surface area contributed by atoms with Crippen LogP contribution >= 0.6 is 0 Å². The summed E-state index contributed by atoms with van der Waals surface area (Å²) in [5.41, 5.74) is 0.191. The Bertz CT molecular complexity index is 239. The second-order valence-electron chi connectivity index (χ2n) is 5.64. The third kappa shape index (κ3) is 3.50. The van der Waals surface area contributed by atoms with Crippen LogP contribution in [0.2, 0.25) is 0 Å². The van der Waals surface area contributed by atoms with Gasteiger partial charge in [0.25, 0.3) is 0 Å². The van der Waals surface area contributed by atoms with Crippen molar-refractivity contribution in [3.63, 3.8) is 0 Å². The lowest BCUT2D eigenvalue weighted by Gasteiger charge is -2.27. The van der Waals surface area contributed by atoms with E-state index in [0.29, 0.717) is 5.41 Å². The highest BCUT2D eigenvalue weighted by molar-refractivity contribution is 5.08. The fourth-order valence-electron chi connectivity index (χ4n) is 2.36. The summed E-state index contributed by atoms with van der Waals surface area (Å²) in [6, 6.07) is 2.52.